The van der Waals surface area contributed by atoms with Crippen LogP contribution in [0.4, 0.5) is 0 Å². The number of pyridine rings is 1. The van der Waals surface area contributed by atoms with Gasteiger partial charge in [-0.05, 0) is 24.5 Å². The first kappa shape index (κ1) is 16.6. The smallest absolute Gasteiger partial charge is 0.268 e. The van der Waals surface area contributed by atoms with Crippen LogP contribution in [0.3, 0.4) is 0 Å². The SMILES string of the molecule is Cn1cc(C(=O)NS(=O)(=O)Cc2cccnc2)c(C2CCCC2)n1. The molecule has 1 aliphatic rings. The molecule has 0 spiro atoms. The van der Waals surface area contributed by atoms with E-state index in [1.165, 1.54) is 6.20 Å². The van der Waals surface area contributed by atoms with Gasteiger partial charge in [0, 0.05) is 31.6 Å². The molecule has 2 aromatic rings. The van der Waals surface area contributed by atoms with E-state index >= 15 is 0 Å². The lowest BCUT2D eigenvalue weighted by Gasteiger charge is -2.10. The van der Waals surface area contributed by atoms with E-state index in [4.69, 9.17) is 0 Å². The summed E-state index contributed by atoms with van der Waals surface area (Å²) in [5.41, 5.74) is 1.57. The molecular weight excluding hydrogens is 328 g/mol. The summed E-state index contributed by atoms with van der Waals surface area (Å²) >= 11 is 0. The highest BCUT2D eigenvalue weighted by Crippen LogP contribution is 2.34. The van der Waals surface area contributed by atoms with Crippen molar-refractivity contribution < 1.29 is 13.2 Å². The first-order valence-electron chi connectivity index (χ1n) is 7.92. The molecule has 0 aromatic carbocycles. The Kier molecular flexibility index (Phi) is 4.66. The monoisotopic (exact) mass is 348 g/mol. The number of hydrogen-bond donors (Lipinski definition) is 1. The molecule has 1 saturated carbocycles. The van der Waals surface area contributed by atoms with Crippen molar-refractivity contribution in [3.63, 3.8) is 0 Å². The van der Waals surface area contributed by atoms with Crippen LogP contribution in [0.15, 0.2) is 30.7 Å². The number of carbonyl (C=O) groups excluding carboxylic acids is 1. The van der Waals surface area contributed by atoms with Crippen molar-refractivity contribution in [2.45, 2.75) is 37.4 Å². The minimum atomic E-state index is -3.79. The molecule has 0 bridgehead atoms. The van der Waals surface area contributed by atoms with Gasteiger partial charge < -0.3 is 0 Å². The minimum absolute atomic E-state index is 0.230. The fraction of sp³-hybridized carbons (Fsp3) is 0.438. The Morgan fingerprint density at radius 1 is 1.38 bits per heavy atom. The van der Waals surface area contributed by atoms with Crippen molar-refractivity contribution >= 4 is 15.9 Å². The van der Waals surface area contributed by atoms with Gasteiger partial charge in [0.2, 0.25) is 10.0 Å². The Labute approximate surface area is 141 Å². The number of hydrogen-bond acceptors (Lipinski definition) is 5. The third kappa shape index (κ3) is 3.81. The second-order valence-corrected chi connectivity index (χ2v) is 7.86. The molecule has 0 unspecified atom stereocenters. The quantitative estimate of drug-likeness (QED) is 0.888. The molecule has 1 fully saturated rings. The maximum atomic E-state index is 12.5. The Balaban J connectivity index is 1.77. The third-order valence-electron chi connectivity index (χ3n) is 4.17. The van der Waals surface area contributed by atoms with Crippen molar-refractivity contribution in [1.82, 2.24) is 19.5 Å². The van der Waals surface area contributed by atoms with Crippen molar-refractivity contribution in [3.05, 3.63) is 47.5 Å². The third-order valence-corrected chi connectivity index (χ3v) is 5.38. The molecule has 3 rings (SSSR count). The second-order valence-electron chi connectivity index (χ2n) is 6.13. The maximum absolute atomic E-state index is 12.5. The Morgan fingerprint density at radius 2 is 2.12 bits per heavy atom. The van der Waals surface area contributed by atoms with Crippen LogP contribution < -0.4 is 4.72 Å². The molecule has 1 N–H and O–H groups in total. The predicted molar refractivity (Wildman–Crippen MR) is 88.7 cm³/mol. The van der Waals surface area contributed by atoms with Crippen LogP contribution >= 0.6 is 0 Å². The van der Waals surface area contributed by atoms with Gasteiger partial charge in [-0.1, -0.05) is 18.9 Å². The van der Waals surface area contributed by atoms with E-state index in [2.05, 4.69) is 14.8 Å². The summed E-state index contributed by atoms with van der Waals surface area (Å²) in [5.74, 6) is -0.673. The number of aromatic nitrogens is 3. The zero-order chi connectivity index (χ0) is 17.2. The topological polar surface area (TPSA) is 94.0 Å². The van der Waals surface area contributed by atoms with E-state index < -0.39 is 15.9 Å². The Hall–Kier alpha value is -2.22. The van der Waals surface area contributed by atoms with Crippen LogP contribution in [0.5, 0.6) is 0 Å². The van der Waals surface area contributed by atoms with Gasteiger partial charge in [0.15, 0.2) is 0 Å². The fourth-order valence-electron chi connectivity index (χ4n) is 3.12. The number of sulfonamides is 1. The zero-order valence-electron chi connectivity index (χ0n) is 13.5. The van der Waals surface area contributed by atoms with E-state index in [1.807, 2.05) is 0 Å². The molecule has 1 aliphatic carbocycles. The first-order chi connectivity index (χ1) is 11.4. The van der Waals surface area contributed by atoms with Crippen molar-refractivity contribution in [3.8, 4) is 0 Å². The van der Waals surface area contributed by atoms with E-state index in [9.17, 15) is 13.2 Å². The second kappa shape index (κ2) is 6.72. The summed E-state index contributed by atoms with van der Waals surface area (Å²) in [6.07, 6.45) is 8.82. The van der Waals surface area contributed by atoms with Crippen LogP contribution in [0, 0.1) is 0 Å². The zero-order valence-corrected chi connectivity index (χ0v) is 14.3. The van der Waals surface area contributed by atoms with Gasteiger partial charge in [0.25, 0.3) is 5.91 Å². The van der Waals surface area contributed by atoms with Crippen LogP contribution in [0.25, 0.3) is 0 Å². The normalized spacial score (nSPS) is 15.5. The maximum Gasteiger partial charge on any atom is 0.268 e. The number of nitrogens with zero attached hydrogens (tertiary/aromatic N) is 3. The Bertz CT molecular complexity index is 824. The highest BCUT2D eigenvalue weighted by atomic mass is 32.2. The predicted octanol–water partition coefficient (Wildman–Crippen LogP) is 1.73. The summed E-state index contributed by atoms with van der Waals surface area (Å²) in [7, 11) is -2.05. The molecular formula is C16H20N4O3S. The lowest BCUT2D eigenvalue weighted by Crippen LogP contribution is -2.32. The van der Waals surface area contributed by atoms with Gasteiger partial charge >= 0.3 is 0 Å². The molecule has 8 heteroatoms. The van der Waals surface area contributed by atoms with E-state index in [1.54, 1.807) is 36.3 Å². The van der Waals surface area contributed by atoms with Crippen LogP contribution in [0.1, 0.15) is 53.2 Å². The van der Waals surface area contributed by atoms with Gasteiger partial charge in [-0.3, -0.25) is 14.5 Å². The van der Waals surface area contributed by atoms with Crippen molar-refractivity contribution in [1.29, 1.82) is 0 Å². The number of nitrogens with one attached hydrogen (secondary N) is 1. The van der Waals surface area contributed by atoms with Gasteiger partial charge in [-0.2, -0.15) is 5.10 Å². The van der Waals surface area contributed by atoms with Gasteiger partial charge in [0.1, 0.15) is 0 Å². The van der Waals surface area contributed by atoms with E-state index in [-0.39, 0.29) is 11.7 Å². The molecule has 0 aliphatic heterocycles. The highest BCUT2D eigenvalue weighted by molar-refractivity contribution is 7.89. The lowest BCUT2D eigenvalue weighted by atomic mass is 10.0. The van der Waals surface area contributed by atoms with E-state index in [0.717, 1.165) is 25.7 Å². The molecule has 7 nitrogen and oxygen atoms in total. The number of carbonyl (C=O) groups is 1. The molecule has 0 radical (unpaired) electrons. The average molecular weight is 348 g/mol. The minimum Gasteiger partial charge on any atom is -0.275 e. The molecule has 2 heterocycles. The van der Waals surface area contributed by atoms with Gasteiger partial charge in [-0.25, -0.2) is 13.1 Å². The summed E-state index contributed by atoms with van der Waals surface area (Å²) in [6.45, 7) is 0. The summed E-state index contributed by atoms with van der Waals surface area (Å²) in [4.78, 5) is 16.4. The van der Waals surface area contributed by atoms with Crippen LogP contribution in [0.2, 0.25) is 0 Å². The molecule has 0 saturated heterocycles. The molecule has 24 heavy (non-hydrogen) atoms. The number of aryl methyl sites for hydroxylation is 1. The van der Waals surface area contributed by atoms with E-state index in [0.29, 0.717) is 16.8 Å². The standard InChI is InChI=1S/C16H20N4O3S/c1-20-10-14(15(18-20)13-6-2-3-7-13)16(21)19-24(22,23)11-12-5-4-8-17-9-12/h4-5,8-10,13H,2-3,6-7,11H2,1H3,(H,19,21). The van der Waals surface area contributed by atoms with Crippen LogP contribution in [-0.2, 0) is 22.8 Å². The van der Waals surface area contributed by atoms with Crippen molar-refractivity contribution in [2.24, 2.45) is 7.05 Å². The fourth-order valence-corrected chi connectivity index (χ4v) is 4.19. The lowest BCUT2D eigenvalue weighted by molar-refractivity contribution is 0.0980. The molecule has 2 aromatic heterocycles. The largest absolute Gasteiger partial charge is 0.275 e. The number of rotatable bonds is 5. The number of amides is 1. The van der Waals surface area contributed by atoms with Crippen molar-refractivity contribution in [2.75, 3.05) is 0 Å². The summed E-state index contributed by atoms with van der Waals surface area (Å²) in [5, 5.41) is 4.38. The van der Waals surface area contributed by atoms with Gasteiger partial charge in [0.05, 0.1) is 17.0 Å². The average Bonchev–Trinajstić information content (AvgIpc) is 3.16. The van der Waals surface area contributed by atoms with Gasteiger partial charge in [-0.15, -0.1) is 0 Å². The Morgan fingerprint density at radius 3 is 2.79 bits per heavy atom. The molecule has 1 amide bonds. The summed E-state index contributed by atoms with van der Waals surface area (Å²) in [6, 6.07) is 3.32. The highest BCUT2D eigenvalue weighted by Gasteiger charge is 2.27. The summed E-state index contributed by atoms with van der Waals surface area (Å²) < 4.78 is 28.2. The molecule has 0 atom stereocenters. The molecule has 128 valence electrons. The van der Waals surface area contributed by atoms with Crippen LogP contribution in [-0.4, -0.2) is 29.1 Å². The first-order valence-corrected chi connectivity index (χ1v) is 9.57.